The van der Waals surface area contributed by atoms with Gasteiger partial charge < -0.3 is 15.8 Å². The monoisotopic (exact) mass is 338 g/mol. The van der Waals surface area contributed by atoms with Crippen molar-refractivity contribution in [3.8, 4) is 5.88 Å². The number of aliphatic imine (C=N–C) groups is 1. The molecule has 0 saturated heterocycles. The third-order valence-corrected chi connectivity index (χ3v) is 4.38. The summed E-state index contributed by atoms with van der Waals surface area (Å²) >= 11 is 0. The molecule has 3 rings (SSSR count). The summed E-state index contributed by atoms with van der Waals surface area (Å²) in [5.74, 6) is 1.05. The second-order valence-electron chi connectivity index (χ2n) is 6.33. The molecule has 0 saturated carbocycles. The van der Waals surface area contributed by atoms with Gasteiger partial charge >= 0.3 is 0 Å². The van der Waals surface area contributed by atoms with Gasteiger partial charge in [0.25, 0.3) is 0 Å². The van der Waals surface area contributed by atoms with E-state index in [1.165, 1.54) is 24.0 Å². The molecule has 2 aromatic rings. The highest BCUT2D eigenvalue weighted by Gasteiger charge is 2.11. The lowest BCUT2D eigenvalue weighted by atomic mass is 10.1. The second kappa shape index (κ2) is 8.51. The van der Waals surface area contributed by atoms with Crippen LogP contribution in [0.3, 0.4) is 0 Å². The van der Waals surface area contributed by atoms with E-state index in [9.17, 15) is 0 Å². The van der Waals surface area contributed by atoms with Gasteiger partial charge in [0.15, 0.2) is 5.96 Å². The zero-order valence-corrected chi connectivity index (χ0v) is 14.8. The van der Waals surface area contributed by atoms with Gasteiger partial charge in [-0.1, -0.05) is 25.5 Å². The molecule has 0 amide bonds. The molecule has 132 valence electrons. The zero-order chi connectivity index (χ0) is 17.5. The third-order valence-electron chi connectivity index (χ3n) is 4.38. The predicted molar refractivity (Wildman–Crippen MR) is 102 cm³/mol. The van der Waals surface area contributed by atoms with Crippen molar-refractivity contribution in [2.45, 2.75) is 45.6 Å². The Morgan fingerprint density at radius 1 is 1.28 bits per heavy atom. The van der Waals surface area contributed by atoms with E-state index < -0.39 is 0 Å². The number of unbranched alkanes of at least 4 members (excludes halogenated alkanes) is 1. The SMILES string of the molecule is CCCCOc1ncccc1CN=C(N)Nc1ccc2c(c1)CCC2. The number of benzene rings is 1. The van der Waals surface area contributed by atoms with Gasteiger partial charge in [-0.05, 0) is 55.0 Å². The Morgan fingerprint density at radius 3 is 3.04 bits per heavy atom. The summed E-state index contributed by atoms with van der Waals surface area (Å²) in [5, 5.41) is 3.18. The van der Waals surface area contributed by atoms with E-state index in [-0.39, 0.29) is 0 Å². The van der Waals surface area contributed by atoms with Crippen molar-refractivity contribution < 1.29 is 4.74 Å². The zero-order valence-electron chi connectivity index (χ0n) is 14.8. The lowest BCUT2D eigenvalue weighted by molar-refractivity contribution is 0.294. The molecule has 5 heteroatoms. The molecule has 0 radical (unpaired) electrons. The molecule has 5 nitrogen and oxygen atoms in total. The second-order valence-corrected chi connectivity index (χ2v) is 6.33. The summed E-state index contributed by atoms with van der Waals surface area (Å²) < 4.78 is 5.74. The van der Waals surface area contributed by atoms with Crippen LogP contribution in [0.4, 0.5) is 5.69 Å². The van der Waals surface area contributed by atoms with Gasteiger partial charge in [-0.25, -0.2) is 9.98 Å². The largest absolute Gasteiger partial charge is 0.477 e. The van der Waals surface area contributed by atoms with Gasteiger partial charge in [0, 0.05) is 17.4 Å². The summed E-state index contributed by atoms with van der Waals surface area (Å²) in [6.45, 7) is 3.25. The quantitative estimate of drug-likeness (QED) is 0.459. The van der Waals surface area contributed by atoms with Crippen LogP contribution in [-0.2, 0) is 19.4 Å². The minimum absolute atomic E-state index is 0.404. The maximum atomic E-state index is 6.05. The van der Waals surface area contributed by atoms with Crippen molar-refractivity contribution in [1.82, 2.24) is 4.98 Å². The normalized spacial score (nSPS) is 13.6. The Kier molecular flexibility index (Phi) is 5.88. The number of nitrogens with zero attached hydrogens (tertiary/aromatic N) is 2. The molecule has 0 aliphatic heterocycles. The molecule has 1 aromatic carbocycles. The van der Waals surface area contributed by atoms with Crippen LogP contribution in [0.1, 0.15) is 42.9 Å². The van der Waals surface area contributed by atoms with Gasteiger partial charge in [0.2, 0.25) is 5.88 Å². The van der Waals surface area contributed by atoms with Crippen molar-refractivity contribution in [2.24, 2.45) is 10.7 Å². The first kappa shape index (κ1) is 17.3. The number of hydrogen-bond acceptors (Lipinski definition) is 3. The van der Waals surface area contributed by atoms with Crippen molar-refractivity contribution in [3.63, 3.8) is 0 Å². The minimum Gasteiger partial charge on any atom is -0.477 e. The van der Waals surface area contributed by atoms with Crippen LogP contribution >= 0.6 is 0 Å². The van der Waals surface area contributed by atoms with Crippen LogP contribution in [0.15, 0.2) is 41.5 Å². The molecule has 1 aliphatic rings. The molecule has 25 heavy (non-hydrogen) atoms. The maximum Gasteiger partial charge on any atom is 0.218 e. The number of rotatable bonds is 7. The molecule has 0 fully saturated rings. The number of fused-ring (bicyclic) bond motifs is 1. The molecule has 0 atom stereocenters. The lowest BCUT2D eigenvalue weighted by Gasteiger charge is -2.10. The highest BCUT2D eigenvalue weighted by Crippen LogP contribution is 2.24. The Hall–Kier alpha value is -2.56. The summed E-state index contributed by atoms with van der Waals surface area (Å²) in [6.07, 6.45) is 7.42. The van der Waals surface area contributed by atoms with Crippen LogP contribution in [-0.4, -0.2) is 17.6 Å². The molecule has 1 aromatic heterocycles. The van der Waals surface area contributed by atoms with Gasteiger partial charge in [0.05, 0.1) is 13.2 Å². The molecule has 0 unspecified atom stereocenters. The van der Waals surface area contributed by atoms with Crippen LogP contribution in [0.5, 0.6) is 5.88 Å². The summed E-state index contributed by atoms with van der Waals surface area (Å²) in [4.78, 5) is 8.73. The highest BCUT2D eigenvalue weighted by atomic mass is 16.5. The number of anilines is 1. The molecule has 1 aliphatic carbocycles. The molecular formula is C20H26N4O. The van der Waals surface area contributed by atoms with E-state index in [0.717, 1.165) is 30.5 Å². The summed E-state index contributed by atoms with van der Waals surface area (Å²) in [7, 11) is 0. The van der Waals surface area contributed by atoms with E-state index in [2.05, 4.69) is 40.4 Å². The molecule has 0 bridgehead atoms. The van der Waals surface area contributed by atoms with Gasteiger partial charge in [-0.2, -0.15) is 0 Å². The fourth-order valence-corrected chi connectivity index (χ4v) is 2.99. The first-order valence-electron chi connectivity index (χ1n) is 9.01. The Morgan fingerprint density at radius 2 is 2.16 bits per heavy atom. The Bertz CT molecular complexity index is 742. The number of nitrogens with two attached hydrogens (primary N) is 1. The summed E-state index contributed by atoms with van der Waals surface area (Å²) in [5.41, 5.74) is 10.8. The fraction of sp³-hybridized carbons (Fsp3) is 0.400. The fourth-order valence-electron chi connectivity index (χ4n) is 2.99. The Labute approximate surface area is 149 Å². The minimum atomic E-state index is 0.404. The average Bonchev–Trinajstić information content (AvgIpc) is 3.09. The number of nitrogens with one attached hydrogen (secondary N) is 1. The highest BCUT2D eigenvalue weighted by molar-refractivity contribution is 5.92. The third kappa shape index (κ3) is 4.72. The first-order valence-corrected chi connectivity index (χ1v) is 9.01. The number of aryl methyl sites for hydroxylation is 2. The average molecular weight is 338 g/mol. The van der Waals surface area contributed by atoms with E-state index in [0.29, 0.717) is 25.0 Å². The van der Waals surface area contributed by atoms with Crippen molar-refractivity contribution in [2.75, 3.05) is 11.9 Å². The van der Waals surface area contributed by atoms with Crippen molar-refractivity contribution >= 4 is 11.6 Å². The molecule has 1 heterocycles. The number of aromatic nitrogens is 1. The number of guanidine groups is 1. The number of ether oxygens (including phenoxy) is 1. The standard InChI is InChI=1S/C20H26N4O/c1-2-3-12-25-19-17(8-5-11-22-19)14-23-20(21)24-18-10-9-15-6-4-7-16(15)13-18/h5,8-11,13H,2-4,6-7,12,14H2,1H3,(H3,21,23,24). The van der Waals surface area contributed by atoms with Crippen molar-refractivity contribution in [3.05, 3.63) is 53.2 Å². The van der Waals surface area contributed by atoms with Crippen LogP contribution < -0.4 is 15.8 Å². The smallest absolute Gasteiger partial charge is 0.218 e. The molecule has 3 N–H and O–H groups in total. The van der Waals surface area contributed by atoms with Gasteiger partial charge in [-0.3, -0.25) is 0 Å². The number of pyridine rings is 1. The van der Waals surface area contributed by atoms with Crippen LogP contribution in [0, 0.1) is 0 Å². The van der Waals surface area contributed by atoms with Crippen LogP contribution in [0.25, 0.3) is 0 Å². The topological polar surface area (TPSA) is 72.5 Å². The number of hydrogen-bond donors (Lipinski definition) is 2. The van der Waals surface area contributed by atoms with Crippen molar-refractivity contribution in [1.29, 1.82) is 0 Å². The molecular weight excluding hydrogens is 312 g/mol. The van der Waals surface area contributed by atoms with Crippen LogP contribution in [0.2, 0.25) is 0 Å². The summed E-state index contributed by atoms with van der Waals surface area (Å²) in [6, 6.07) is 10.3. The van der Waals surface area contributed by atoms with E-state index in [4.69, 9.17) is 10.5 Å². The Balaban J connectivity index is 1.61. The maximum absolute atomic E-state index is 6.05. The molecule has 0 spiro atoms. The van der Waals surface area contributed by atoms with E-state index >= 15 is 0 Å². The van der Waals surface area contributed by atoms with E-state index in [1.807, 2.05) is 12.1 Å². The van der Waals surface area contributed by atoms with Gasteiger partial charge in [-0.15, -0.1) is 0 Å². The first-order chi connectivity index (χ1) is 12.3. The predicted octanol–water partition coefficient (Wildman–Crippen LogP) is 3.68. The van der Waals surface area contributed by atoms with Gasteiger partial charge in [0.1, 0.15) is 0 Å². The van der Waals surface area contributed by atoms with E-state index in [1.54, 1.807) is 6.20 Å². The lowest BCUT2D eigenvalue weighted by Crippen LogP contribution is -2.22.